The van der Waals surface area contributed by atoms with Crippen molar-refractivity contribution >= 4 is 0 Å². The number of fused-ring (bicyclic) bond motifs is 1. The molecule has 5 atom stereocenters. The molecule has 0 aromatic rings. The Hall–Kier alpha value is -0.340. The highest BCUT2D eigenvalue weighted by Crippen LogP contribution is 2.50. The lowest BCUT2D eigenvalue weighted by Crippen LogP contribution is -2.35. The number of hydrogen-bond acceptors (Lipinski definition) is 2. The van der Waals surface area contributed by atoms with Gasteiger partial charge in [0.1, 0.15) is 5.60 Å². The highest BCUT2D eigenvalue weighted by molar-refractivity contribution is 5.27. The molecule has 12 heavy (non-hydrogen) atoms. The molecule has 3 heterocycles. The Bertz CT molecular complexity index is 250. The summed E-state index contributed by atoms with van der Waals surface area (Å²) in [7, 11) is 0. The molecule has 2 nitrogen and oxygen atoms in total. The lowest BCUT2D eigenvalue weighted by atomic mass is 9.76. The minimum atomic E-state index is 0.0729. The van der Waals surface area contributed by atoms with E-state index in [4.69, 9.17) is 4.74 Å². The number of nitrogens with one attached hydrogen (secondary N) is 1. The van der Waals surface area contributed by atoms with Gasteiger partial charge in [0.25, 0.3) is 0 Å². The number of hydrogen-bond donors (Lipinski definition) is 1. The van der Waals surface area contributed by atoms with Crippen LogP contribution in [-0.2, 0) is 4.74 Å². The third kappa shape index (κ3) is 0.603. The van der Waals surface area contributed by atoms with E-state index in [9.17, 15) is 0 Å². The Labute approximate surface area is 73.0 Å². The average molecular weight is 165 g/mol. The highest BCUT2D eigenvalue weighted by Gasteiger charge is 2.59. The fourth-order valence-corrected chi connectivity index (χ4v) is 3.26. The zero-order valence-electron chi connectivity index (χ0n) is 7.58. The van der Waals surface area contributed by atoms with Gasteiger partial charge in [-0.1, -0.05) is 19.1 Å². The smallest absolute Gasteiger partial charge is 0.104 e. The molecule has 2 fully saturated rings. The molecule has 0 aromatic heterocycles. The van der Waals surface area contributed by atoms with Gasteiger partial charge in [0.2, 0.25) is 0 Å². The van der Waals surface area contributed by atoms with E-state index >= 15 is 0 Å². The Morgan fingerprint density at radius 2 is 2.33 bits per heavy atom. The summed E-state index contributed by atoms with van der Waals surface area (Å²) < 4.78 is 5.99. The van der Waals surface area contributed by atoms with Crippen molar-refractivity contribution in [2.45, 2.75) is 31.6 Å². The van der Waals surface area contributed by atoms with E-state index in [0.29, 0.717) is 24.0 Å². The van der Waals surface area contributed by atoms with Crippen molar-refractivity contribution in [3.8, 4) is 0 Å². The van der Waals surface area contributed by atoms with Crippen molar-refractivity contribution in [3.63, 3.8) is 0 Å². The summed E-state index contributed by atoms with van der Waals surface area (Å²) in [5.41, 5.74) is 0.0729. The first-order chi connectivity index (χ1) is 5.73. The van der Waals surface area contributed by atoms with E-state index in [1.807, 2.05) is 0 Å². The first-order valence-corrected chi connectivity index (χ1v) is 4.83. The van der Waals surface area contributed by atoms with Gasteiger partial charge >= 0.3 is 0 Å². The van der Waals surface area contributed by atoms with Crippen molar-refractivity contribution in [2.75, 3.05) is 6.54 Å². The standard InChI is InChI=1S/C10H15NO/c1-6-8-3-4-10(12-8)5-11-7(2)9(6)10/h3-4,6-9,11H,5H2,1-2H3. The van der Waals surface area contributed by atoms with Gasteiger partial charge < -0.3 is 10.1 Å². The summed E-state index contributed by atoms with van der Waals surface area (Å²) in [5, 5.41) is 3.49. The summed E-state index contributed by atoms with van der Waals surface area (Å²) in [6.45, 7) is 5.59. The molecule has 2 saturated heterocycles. The Morgan fingerprint density at radius 1 is 1.50 bits per heavy atom. The van der Waals surface area contributed by atoms with Crippen LogP contribution in [0.15, 0.2) is 12.2 Å². The summed E-state index contributed by atoms with van der Waals surface area (Å²) in [4.78, 5) is 0. The van der Waals surface area contributed by atoms with Crippen LogP contribution in [0.25, 0.3) is 0 Å². The van der Waals surface area contributed by atoms with E-state index in [1.54, 1.807) is 0 Å². The van der Waals surface area contributed by atoms with E-state index in [-0.39, 0.29) is 5.60 Å². The van der Waals surface area contributed by atoms with E-state index in [1.165, 1.54) is 0 Å². The molecule has 1 N–H and O–H groups in total. The minimum Gasteiger partial charge on any atom is -0.362 e. The van der Waals surface area contributed by atoms with Crippen LogP contribution in [0.5, 0.6) is 0 Å². The molecule has 2 heteroatoms. The molecule has 0 amide bonds. The second-order valence-electron chi connectivity index (χ2n) is 4.45. The molecule has 3 aliphatic heterocycles. The lowest BCUT2D eigenvalue weighted by molar-refractivity contribution is 0.0306. The fourth-order valence-electron chi connectivity index (χ4n) is 3.26. The van der Waals surface area contributed by atoms with Crippen LogP contribution in [0.3, 0.4) is 0 Å². The molecule has 66 valence electrons. The first kappa shape index (κ1) is 7.10. The zero-order valence-corrected chi connectivity index (χ0v) is 7.58. The van der Waals surface area contributed by atoms with Crippen molar-refractivity contribution in [2.24, 2.45) is 11.8 Å². The molecule has 5 unspecified atom stereocenters. The molecule has 0 aromatic carbocycles. The predicted octanol–water partition coefficient (Wildman–Crippen LogP) is 0.938. The van der Waals surface area contributed by atoms with Crippen LogP contribution in [0.1, 0.15) is 13.8 Å². The number of ether oxygens (including phenoxy) is 1. The third-order valence-electron chi connectivity index (χ3n) is 3.81. The first-order valence-electron chi connectivity index (χ1n) is 4.83. The van der Waals surface area contributed by atoms with Gasteiger partial charge in [-0.05, 0) is 12.8 Å². The second kappa shape index (κ2) is 1.94. The predicted molar refractivity (Wildman–Crippen MR) is 46.9 cm³/mol. The van der Waals surface area contributed by atoms with Crippen LogP contribution in [-0.4, -0.2) is 24.3 Å². The monoisotopic (exact) mass is 165 g/mol. The van der Waals surface area contributed by atoms with E-state index in [0.717, 1.165) is 6.54 Å². The normalized spacial score (nSPS) is 61.2. The lowest BCUT2D eigenvalue weighted by Gasteiger charge is -2.26. The maximum Gasteiger partial charge on any atom is 0.104 e. The Balaban J connectivity index is 2.06. The van der Waals surface area contributed by atoms with Crippen molar-refractivity contribution in [3.05, 3.63) is 12.2 Å². The van der Waals surface area contributed by atoms with Gasteiger partial charge in [-0.25, -0.2) is 0 Å². The molecule has 1 spiro atoms. The van der Waals surface area contributed by atoms with E-state index in [2.05, 4.69) is 31.3 Å². The van der Waals surface area contributed by atoms with Crippen molar-refractivity contribution < 1.29 is 4.74 Å². The quantitative estimate of drug-likeness (QED) is 0.539. The van der Waals surface area contributed by atoms with Crippen molar-refractivity contribution in [1.29, 1.82) is 0 Å². The molecule has 0 saturated carbocycles. The maximum absolute atomic E-state index is 5.99. The minimum absolute atomic E-state index is 0.0729. The molecule has 3 rings (SSSR count). The van der Waals surface area contributed by atoms with Gasteiger partial charge in [-0.3, -0.25) is 0 Å². The molecular formula is C10H15NO. The Morgan fingerprint density at radius 3 is 3.08 bits per heavy atom. The highest BCUT2D eigenvalue weighted by atomic mass is 16.5. The topological polar surface area (TPSA) is 21.3 Å². The molecule has 0 radical (unpaired) electrons. The van der Waals surface area contributed by atoms with Gasteiger partial charge in [0, 0.05) is 18.5 Å². The summed E-state index contributed by atoms with van der Waals surface area (Å²) in [6.07, 6.45) is 4.92. The summed E-state index contributed by atoms with van der Waals surface area (Å²) in [6, 6.07) is 0.620. The van der Waals surface area contributed by atoms with Gasteiger partial charge in [0.15, 0.2) is 0 Å². The van der Waals surface area contributed by atoms with Crippen molar-refractivity contribution in [1.82, 2.24) is 5.32 Å². The molecular weight excluding hydrogens is 150 g/mol. The van der Waals surface area contributed by atoms with Crippen LogP contribution in [0.4, 0.5) is 0 Å². The third-order valence-corrected chi connectivity index (χ3v) is 3.81. The molecule has 2 bridgehead atoms. The largest absolute Gasteiger partial charge is 0.362 e. The number of rotatable bonds is 0. The Kier molecular flexibility index (Phi) is 1.15. The maximum atomic E-state index is 5.99. The van der Waals surface area contributed by atoms with Crippen LogP contribution in [0.2, 0.25) is 0 Å². The molecule has 0 aliphatic carbocycles. The van der Waals surface area contributed by atoms with Crippen LogP contribution >= 0.6 is 0 Å². The van der Waals surface area contributed by atoms with Crippen LogP contribution < -0.4 is 5.32 Å². The summed E-state index contributed by atoms with van der Waals surface area (Å²) >= 11 is 0. The van der Waals surface area contributed by atoms with Gasteiger partial charge in [0.05, 0.1) is 6.10 Å². The summed E-state index contributed by atoms with van der Waals surface area (Å²) in [5.74, 6) is 1.40. The fraction of sp³-hybridized carbons (Fsp3) is 0.800. The second-order valence-corrected chi connectivity index (χ2v) is 4.45. The molecule has 3 aliphatic rings. The SMILES string of the molecule is CC1NCC23C=CC(O2)C(C)C13. The van der Waals surface area contributed by atoms with Gasteiger partial charge in [-0.2, -0.15) is 0 Å². The average Bonchev–Trinajstić information content (AvgIpc) is 2.65. The van der Waals surface area contributed by atoms with Gasteiger partial charge in [-0.15, -0.1) is 0 Å². The van der Waals surface area contributed by atoms with Crippen LogP contribution in [0, 0.1) is 11.8 Å². The van der Waals surface area contributed by atoms with E-state index < -0.39 is 0 Å². The zero-order chi connectivity index (χ0) is 8.34.